The summed E-state index contributed by atoms with van der Waals surface area (Å²) < 4.78 is 21.2. The number of carbonyl (C=O) groups excluding carboxylic acids is 2. The first-order valence-electron chi connectivity index (χ1n) is 10.7. The number of nitrogens with one attached hydrogen (secondary N) is 1. The van der Waals surface area contributed by atoms with Gasteiger partial charge in [-0.05, 0) is 38.4 Å². The van der Waals surface area contributed by atoms with Crippen LogP contribution in [0.4, 0.5) is 0 Å². The van der Waals surface area contributed by atoms with E-state index in [2.05, 4.69) is 11.6 Å². The minimum atomic E-state index is -3.36. The highest BCUT2D eigenvalue weighted by molar-refractivity contribution is 8.00. The highest BCUT2D eigenvalue weighted by Crippen LogP contribution is 2.43. The first kappa shape index (κ1) is 26.5. The molecule has 1 atom stereocenters. The van der Waals surface area contributed by atoms with Crippen LogP contribution in [0.5, 0.6) is 0 Å². The van der Waals surface area contributed by atoms with Crippen LogP contribution in [0.1, 0.15) is 77.0 Å². The Morgan fingerprint density at radius 1 is 1.07 bits per heavy atom. The molecule has 0 heterocycles. The van der Waals surface area contributed by atoms with Gasteiger partial charge in [0.1, 0.15) is 6.61 Å². The lowest BCUT2D eigenvalue weighted by molar-refractivity contribution is -0.144. The fraction of sp³-hybridized carbons (Fsp3) is 0.900. The summed E-state index contributed by atoms with van der Waals surface area (Å²) in [6.07, 6.45) is 13.2. The van der Waals surface area contributed by atoms with Crippen LogP contribution in [-0.2, 0) is 23.4 Å². The van der Waals surface area contributed by atoms with E-state index in [0.717, 1.165) is 38.5 Å². The molecule has 1 amide bonds. The van der Waals surface area contributed by atoms with Crippen molar-refractivity contribution in [2.45, 2.75) is 81.8 Å². The number of unbranched alkanes of at least 4 members (excludes halogenated alkanes) is 4. The summed E-state index contributed by atoms with van der Waals surface area (Å²) in [5, 5.41) is 2.83. The highest BCUT2D eigenvalue weighted by atomic mass is 32.2. The summed E-state index contributed by atoms with van der Waals surface area (Å²) in [7, 11) is -3.36. The number of hydrogen-bond acceptors (Lipinski definition) is 6. The van der Waals surface area contributed by atoms with Gasteiger partial charge in [0, 0.05) is 24.3 Å². The van der Waals surface area contributed by atoms with Crippen LogP contribution in [0.3, 0.4) is 0 Å². The third kappa shape index (κ3) is 13.4. The molecule has 170 valence electrons. The Bertz CT molecular complexity index is 533. The lowest BCUT2D eigenvalue weighted by atomic mass is 10.0. The Kier molecular flexibility index (Phi) is 13.2. The van der Waals surface area contributed by atoms with E-state index < -0.39 is 7.60 Å². The molecule has 2 N–H and O–H groups in total. The molecule has 0 bridgehead atoms. The topological polar surface area (TPSA) is 102 Å². The van der Waals surface area contributed by atoms with Gasteiger partial charge < -0.3 is 19.5 Å². The maximum atomic E-state index is 12.0. The number of hydrogen-bond donors (Lipinski definition) is 2. The Morgan fingerprint density at radius 2 is 1.72 bits per heavy atom. The molecular weight excluding hydrogens is 413 g/mol. The van der Waals surface area contributed by atoms with E-state index in [1.807, 2.05) is 11.8 Å². The third-order valence-electron chi connectivity index (χ3n) is 5.30. The number of rotatable bonds is 16. The average molecular weight is 452 g/mol. The van der Waals surface area contributed by atoms with Gasteiger partial charge in [-0.1, -0.05) is 32.1 Å². The van der Waals surface area contributed by atoms with Crippen molar-refractivity contribution in [3.05, 3.63) is 0 Å². The Labute approximate surface area is 179 Å². The Morgan fingerprint density at radius 3 is 2.38 bits per heavy atom. The van der Waals surface area contributed by atoms with E-state index in [0.29, 0.717) is 19.4 Å². The van der Waals surface area contributed by atoms with Crippen LogP contribution in [0.25, 0.3) is 0 Å². The maximum absolute atomic E-state index is 12.0. The molecule has 1 aliphatic carbocycles. The van der Waals surface area contributed by atoms with E-state index in [-0.39, 0.29) is 29.8 Å². The van der Waals surface area contributed by atoms with Gasteiger partial charge in [0.2, 0.25) is 5.91 Å². The second-order valence-corrected chi connectivity index (χ2v) is 11.0. The summed E-state index contributed by atoms with van der Waals surface area (Å²) in [6, 6.07) is 0. The van der Waals surface area contributed by atoms with Crippen LogP contribution in [0, 0.1) is 0 Å². The number of ether oxygens (including phenoxy) is 1. The number of amides is 1. The van der Waals surface area contributed by atoms with Crippen molar-refractivity contribution in [3.63, 3.8) is 0 Å². The monoisotopic (exact) mass is 451 g/mol. The molecule has 1 aliphatic rings. The minimum absolute atomic E-state index is 0.0333. The van der Waals surface area contributed by atoms with E-state index in [9.17, 15) is 14.2 Å². The van der Waals surface area contributed by atoms with E-state index >= 15 is 0 Å². The van der Waals surface area contributed by atoms with Crippen LogP contribution in [0.15, 0.2) is 0 Å². The van der Waals surface area contributed by atoms with Gasteiger partial charge in [-0.3, -0.25) is 14.2 Å². The lowest BCUT2D eigenvalue weighted by Gasteiger charge is -2.26. The zero-order chi connectivity index (χ0) is 21.6. The summed E-state index contributed by atoms with van der Waals surface area (Å²) in [5.74, 6) is -0.201. The van der Waals surface area contributed by atoms with Crippen LogP contribution < -0.4 is 5.32 Å². The van der Waals surface area contributed by atoms with Gasteiger partial charge in [-0.2, -0.15) is 11.8 Å². The van der Waals surface area contributed by atoms with E-state index in [1.165, 1.54) is 32.3 Å². The van der Waals surface area contributed by atoms with Crippen molar-refractivity contribution in [2.24, 2.45) is 0 Å². The fourth-order valence-electron chi connectivity index (χ4n) is 3.57. The molecule has 0 aromatic carbocycles. The largest absolute Gasteiger partial charge is 0.464 e. The standard InChI is InChI=1S/C20H38NO6PS/c1-28(24,25)27-16-9-5-3-4-6-10-19(23)26-17-15-21-18(22)11-14-20(29-2)12-7-8-13-20/h3-17H2,1-2H3,(H,21,22)(H,24,25). The van der Waals surface area contributed by atoms with Crippen LogP contribution >= 0.6 is 19.4 Å². The molecule has 7 nitrogen and oxygen atoms in total. The molecule has 0 radical (unpaired) electrons. The lowest BCUT2D eigenvalue weighted by Crippen LogP contribution is -2.30. The molecule has 1 unspecified atom stereocenters. The summed E-state index contributed by atoms with van der Waals surface area (Å²) in [5.41, 5.74) is 0. The molecule has 1 fully saturated rings. The molecule has 0 spiro atoms. The van der Waals surface area contributed by atoms with Gasteiger partial charge >= 0.3 is 13.6 Å². The zero-order valence-electron chi connectivity index (χ0n) is 18.0. The van der Waals surface area contributed by atoms with Crippen molar-refractivity contribution in [2.75, 3.05) is 32.7 Å². The first-order chi connectivity index (χ1) is 13.8. The first-order valence-corrected chi connectivity index (χ1v) is 13.9. The predicted molar refractivity (Wildman–Crippen MR) is 117 cm³/mol. The van der Waals surface area contributed by atoms with Gasteiger partial charge in [0.25, 0.3) is 0 Å². The Hall–Kier alpha value is -0.560. The molecule has 0 aliphatic heterocycles. The van der Waals surface area contributed by atoms with Crippen molar-refractivity contribution in [3.8, 4) is 0 Å². The zero-order valence-corrected chi connectivity index (χ0v) is 19.7. The molecular formula is C20H38NO6PS. The normalized spacial score (nSPS) is 17.6. The highest BCUT2D eigenvalue weighted by Gasteiger charge is 2.32. The van der Waals surface area contributed by atoms with Crippen molar-refractivity contribution in [1.82, 2.24) is 5.32 Å². The molecule has 0 aromatic heterocycles. The third-order valence-corrected chi connectivity index (χ3v) is 7.44. The van der Waals surface area contributed by atoms with Gasteiger partial charge in [-0.25, -0.2) is 0 Å². The van der Waals surface area contributed by atoms with E-state index in [1.54, 1.807) is 0 Å². The van der Waals surface area contributed by atoms with Gasteiger partial charge in [0.15, 0.2) is 0 Å². The van der Waals surface area contributed by atoms with Crippen molar-refractivity contribution in [1.29, 1.82) is 0 Å². The fourth-order valence-corrected chi connectivity index (χ4v) is 5.04. The van der Waals surface area contributed by atoms with Gasteiger partial charge in [0.05, 0.1) is 13.2 Å². The van der Waals surface area contributed by atoms with E-state index in [4.69, 9.17) is 14.2 Å². The number of carbonyl (C=O) groups is 2. The molecule has 0 saturated heterocycles. The molecule has 1 saturated carbocycles. The second-order valence-electron chi connectivity index (χ2n) is 7.82. The Balaban J connectivity index is 1.93. The molecule has 0 aromatic rings. The quantitative estimate of drug-likeness (QED) is 0.205. The molecule has 29 heavy (non-hydrogen) atoms. The van der Waals surface area contributed by atoms with Crippen LogP contribution in [-0.4, -0.2) is 54.2 Å². The van der Waals surface area contributed by atoms with Gasteiger partial charge in [-0.15, -0.1) is 0 Å². The summed E-state index contributed by atoms with van der Waals surface area (Å²) in [4.78, 5) is 32.7. The predicted octanol–water partition coefficient (Wildman–Crippen LogP) is 4.27. The summed E-state index contributed by atoms with van der Waals surface area (Å²) >= 11 is 1.89. The minimum Gasteiger partial charge on any atom is -0.464 e. The SMILES string of the molecule is CSC1(CCC(=O)NCCOC(=O)CCCCCCCOP(C)(=O)O)CCCC1. The molecule has 1 rings (SSSR count). The second kappa shape index (κ2) is 14.4. The maximum Gasteiger partial charge on any atom is 0.325 e. The van der Waals surface area contributed by atoms with Crippen molar-refractivity contribution >= 4 is 31.2 Å². The number of thioether (sulfide) groups is 1. The van der Waals surface area contributed by atoms with Crippen molar-refractivity contribution < 1.29 is 28.3 Å². The number of esters is 1. The average Bonchev–Trinajstić information content (AvgIpc) is 3.14. The smallest absolute Gasteiger partial charge is 0.325 e. The summed E-state index contributed by atoms with van der Waals surface area (Å²) in [6.45, 7) is 2.05. The van der Waals surface area contributed by atoms with Crippen LogP contribution in [0.2, 0.25) is 0 Å². The molecule has 9 heteroatoms.